The van der Waals surface area contributed by atoms with Gasteiger partial charge in [0.25, 0.3) is 5.91 Å². The maximum absolute atomic E-state index is 13.4. The van der Waals surface area contributed by atoms with Gasteiger partial charge in [0.15, 0.2) is 11.6 Å². The highest BCUT2D eigenvalue weighted by Gasteiger charge is 2.28. The van der Waals surface area contributed by atoms with Gasteiger partial charge in [-0.1, -0.05) is 28.4 Å². The summed E-state index contributed by atoms with van der Waals surface area (Å²) in [5.74, 6) is -1.41. The number of likely N-dealkylation sites (tertiary alicyclic amines) is 1. The van der Waals surface area contributed by atoms with Crippen LogP contribution in [-0.2, 0) is 0 Å². The molecule has 0 aliphatic carbocycles. The third kappa shape index (κ3) is 4.11. The molecule has 5 nitrogen and oxygen atoms in total. The second-order valence-electron chi connectivity index (χ2n) is 6.78. The van der Waals surface area contributed by atoms with Crippen molar-refractivity contribution in [2.45, 2.75) is 18.8 Å². The van der Waals surface area contributed by atoms with Gasteiger partial charge >= 0.3 is 0 Å². The molecule has 9 heteroatoms. The summed E-state index contributed by atoms with van der Waals surface area (Å²) in [5.41, 5.74) is 0.822. The zero-order valence-corrected chi connectivity index (χ0v) is 16.6. The Morgan fingerprint density at radius 1 is 1.03 bits per heavy atom. The second-order valence-corrected chi connectivity index (χ2v) is 7.59. The molecule has 29 heavy (non-hydrogen) atoms. The number of benzene rings is 2. The van der Waals surface area contributed by atoms with Gasteiger partial charge in [0.2, 0.25) is 11.7 Å². The smallest absolute Gasteiger partial charge is 0.253 e. The number of nitrogens with zero attached hydrogens (tertiary/aromatic N) is 3. The van der Waals surface area contributed by atoms with Crippen molar-refractivity contribution in [1.82, 2.24) is 15.0 Å². The Morgan fingerprint density at radius 2 is 1.79 bits per heavy atom. The number of amides is 1. The van der Waals surface area contributed by atoms with Crippen molar-refractivity contribution in [3.8, 4) is 11.4 Å². The fourth-order valence-corrected chi connectivity index (χ4v) is 3.59. The van der Waals surface area contributed by atoms with Gasteiger partial charge in [-0.25, -0.2) is 8.78 Å². The molecule has 0 unspecified atom stereocenters. The van der Waals surface area contributed by atoms with Gasteiger partial charge in [-0.2, -0.15) is 4.98 Å². The van der Waals surface area contributed by atoms with Crippen LogP contribution in [0.4, 0.5) is 8.78 Å². The first kappa shape index (κ1) is 19.8. The monoisotopic (exact) mass is 437 g/mol. The number of carbonyl (C=O) groups excluding carboxylic acids is 1. The highest BCUT2D eigenvalue weighted by Crippen LogP contribution is 2.30. The molecular formula is C20H15Cl2F2N3O2. The van der Waals surface area contributed by atoms with Crippen LogP contribution in [0, 0.1) is 11.6 Å². The molecule has 0 atom stereocenters. The van der Waals surface area contributed by atoms with Crippen LogP contribution in [0.5, 0.6) is 0 Å². The van der Waals surface area contributed by atoms with Crippen LogP contribution in [0.1, 0.15) is 35.0 Å². The van der Waals surface area contributed by atoms with Crippen molar-refractivity contribution in [2.24, 2.45) is 0 Å². The minimum absolute atomic E-state index is 0.0144. The van der Waals surface area contributed by atoms with Gasteiger partial charge in [0.1, 0.15) is 0 Å². The van der Waals surface area contributed by atoms with Crippen molar-refractivity contribution in [1.29, 1.82) is 0 Å². The zero-order chi connectivity index (χ0) is 20.5. The predicted molar refractivity (Wildman–Crippen MR) is 104 cm³/mol. The summed E-state index contributed by atoms with van der Waals surface area (Å²) in [6.07, 6.45) is 1.29. The van der Waals surface area contributed by atoms with E-state index in [-0.39, 0.29) is 17.6 Å². The van der Waals surface area contributed by atoms with E-state index >= 15 is 0 Å². The average Bonchev–Trinajstić information content (AvgIpc) is 3.22. The van der Waals surface area contributed by atoms with Gasteiger partial charge in [-0.3, -0.25) is 4.79 Å². The third-order valence-corrected chi connectivity index (χ3v) is 5.66. The number of rotatable bonds is 3. The largest absolute Gasteiger partial charge is 0.339 e. The van der Waals surface area contributed by atoms with Crippen molar-refractivity contribution < 1.29 is 18.1 Å². The number of hydrogen-bond acceptors (Lipinski definition) is 4. The van der Waals surface area contributed by atoms with Gasteiger partial charge in [0.05, 0.1) is 10.0 Å². The average molecular weight is 438 g/mol. The lowest BCUT2D eigenvalue weighted by Crippen LogP contribution is -2.38. The first-order valence-corrected chi connectivity index (χ1v) is 9.71. The number of aromatic nitrogens is 2. The minimum Gasteiger partial charge on any atom is -0.339 e. The summed E-state index contributed by atoms with van der Waals surface area (Å²) in [7, 11) is 0. The van der Waals surface area contributed by atoms with Crippen LogP contribution in [0.25, 0.3) is 11.4 Å². The Kier molecular flexibility index (Phi) is 5.52. The molecule has 150 valence electrons. The molecule has 1 aliphatic rings. The molecule has 0 bridgehead atoms. The Morgan fingerprint density at radius 3 is 2.48 bits per heavy atom. The lowest BCUT2D eigenvalue weighted by Gasteiger charge is -2.30. The summed E-state index contributed by atoms with van der Waals surface area (Å²) in [6, 6.07) is 8.25. The SMILES string of the molecule is O=C(c1ccc(Cl)c(Cl)c1)N1CCC(c2nc(-c3ccc(F)c(F)c3)no2)CC1. The van der Waals surface area contributed by atoms with Gasteiger partial charge in [-0.15, -0.1) is 0 Å². The van der Waals surface area contributed by atoms with Crippen LogP contribution in [0.2, 0.25) is 10.0 Å². The highest BCUT2D eigenvalue weighted by atomic mass is 35.5. The molecule has 1 fully saturated rings. The standard InChI is InChI=1S/C20H15Cl2F2N3O2/c21-14-3-1-13(9-15(14)22)20(28)27-7-5-11(6-8-27)19-25-18(26-29-19)12-2-4-16(23)17(24)10-12/h1-4,9-11H,5-8H2. The summed E-state index contributed by atoms with van der Waals surface area (Å²) in [4.78, 5) is 18.7. The molecule has 0 N–H and O–H groups in total. The van der Waals surface area contributed by atoms with E-state index in [0.717, 1.165) is 12.1 Å². The van der Waals surface area contributed by atoms with E-state index in [2.05, 4.69) is 10.1 Å². The topological polar surface area (TPSA) is 59.2 Å². The molecule has 0 saturated carbocycles. The minimum atomic E-state index is -0.969. The van der Waals surface area contributed by atoms with Crippen molar-refractivity contribution in [3.05, 3.63) is 69.5 Å². The number of hydrogen-bond donors (Lipinski definition) is 0. The van der Waals surface area contributed by atoms with Gasteiger partial charge < -0.3 is 9.42 Å². The summed E-state index contributed by atoms with van der Waals surface area (Å²) in [5, 5.41) is 4.60. The van der Waals surface area contributed by atoms with E-state index in [4.69, 9.17) is 27.7 Å². The molecular weight excluding hydrogens is 423 g/mol. The third-order valence-electron chi connectivity index (χ3n) is 4.92. The molecule has 0 spiro atoms. The van der Waals surface area contributed by atoms with Crippen LogP contribution in [0.3, 0.4) is 0 Å². The molecule has 0 radical (unpaired) electrons. The van der Waals surface area contributed by atoms with Crippen LogP contribution < -0.4 is 0 Å². The lowest BCUT2D eigenvalue weighted by atomic mass is 9.96. The quantitative estimate of drug-likeness (QED) is 0.554. The predicted octanol–water partition coefficient (Wildman–Crippen LogP) is 5.34. The van der Waals surface area contributed by atoms with E-state index in [1.165, 1.54) is 6.07 Å². The maximum Gasteiger partial charge on any atom is 0.253 e. The number of halogens is 4. The molecule has 1 aliphatic heterocycles. The fourth-order valence-electron chi connectivity index (χ4n) is 3.29. The Bertz CT molecular complexity index is 1070. The summed E-state index contributed by atoms with van der Waals surface area (Å²) in [6.45, 7) is 1.04. The second kappa shape index (κ2) is 8.08. The zero-order valence-electron chi connectivity index (χ0n) is 15.0. The molecule has 2 heterocycles. The van der Waals surface area contributed by atoms with Crippen molar-refractivity contribution in [2.75, 3.05) is 13.1 Å². The fraction of sp³-hybridized carbons (Fsp3) is 0.250. The Balaban J connectivity index is 1.42. The van der Waals surface area contributed by atoms with E-state index in [1.54, 1.807) is 23.1 Å². The summed E-state index contributed by atoms with van der Waals surface area (Å²) < 4.78 is 31.8. The molecule has 4 rings (SSSR count). The number of carbonyl (C=O) groups is 1. The van der Waals surface area contributed by atoms with Crippen LogP contribution >= 0.6 is 23.2 Å². The Hall–Kier alpha value is -2.51. The van der Waals surface area contributed by atoms with E-state index in [9.17, 15) is 13.6 Å². The van der Waals surface area contributed by atoms with Crippen LogP contribution in [-0.4, -0.2) is 34.0 Å². The molecule has 1 aromatic heterocycles. The maximum atomic E-state index is 13.4. The molecule has 3 aromatic rings. The van der Waals surface area contributed by atoms with E-state index in [1.807, 2.05) is 0 Å². The normalized spacial score (nSPS) is 15.0. The van der Waals surface area contributed by atoms with Crippen LogP contribution in [0.15, 0.2) is 40.9 Å². The molecule has 1 saturated heterocycles. The molecule has 2 aromatic carbocycles. The molecule has 1 amide bonds. The van der Waals surface area contributed by atoms with Gasteiger partial charge in [-0.05, 0) is 49.2 Å². The van der Waals surface area contributed by atoms with E-state index < -0.39 is 11.6 Å². The van der Waals surface area contributed by atoms with Crippen molar-refractivity contribution in [3.63, 3.8) is 0 Å². The highest BCUT2D eigenvalue weighted by molar-refractivity contribution is 6.42. The first-order valence-electron chi connectivity index (χ1n) is 8.95. The number of piperidine rings is 1. The van der Waals surface area contributed by atoms with E-state index in [0.29, 0.717) is 53.0 Å². The first-order chi connectivity index (χ1) is 13.9. The lowest BCUT2D eigenvalue weighted by molar-refractivity contribution is 0.0704. The summed E-state index contributed by atoms with van der Waals surface area (Å²) >= 11 is 11.9. The Labute approximate surface area is 175 Å². The van der Waals surface area contributed by atoms with Crippen molar-refractivity contribution >= 4 is 29.1 Å². The van der Waals surface area contributed by atoms with Gasteiger partial charge in [0, 0.05) is 30.1 Å².